The third-order valence-electron chi connectivity index (χ3n) is 9.27. The smallest absolute Gasteiger partial charge is 0.338 e. The molecule has 3 aromatic rings. The molecule has 1 aromatic heterocycles. The van der Waals surface area contributed by atoms with E-state index < -0.39 is 30.3 Å². The Labute approximate surface area is 249 Å². The lowest BCUT2D eigenvalue weighted by molar-refractivity contribution is -0.186. The number of esters is 2. The number of aliphatic hydroxyl groups is 1. The van der Waals surface area contributed by atoms with Gasteiger partial charge in [-0.2, -0.15) is 0 Å². The number of carbonyl (C=O) groups excluding carboxylic acids is 2. The SMILES string of the molecule is COc1ccc2c3c([nH]c2c1)[C@H]1C[C@H]2[C@H](C[C@H](OC(=O)c4cc(OC)c(OC)c(OC)c4)[C@@H](O)[C@@H]2OC(C)=O)CN1CC3. The second kappa shape index (κ2) is 11.6. The molecule has 2 fully saturated rings. The fourth-order valence-electron chi connectivity index (χ4n) is 7.33. The number of piperidine rings is 1. The predicted molar refractivity (Wildman–Crippen MR) is 156 cm³/mol. The summed E-state index contributed by atoms with van der Waals surface area (Å²) in [5.41, 5.74) is 3.69. The van der Waals surface area contributed by atoms with Gasteiger partial charge in [0.05, 0.1) is 40.0 Å². The number of rotatable bonds is 7. The highest BCUT2D eigenvalue weighted by Gasteiger charge is 2.52. The molecule has 1 saturated carbocycles. The Bertz CT molecular complexity index is 1510. The van der Waals surface area contributed by atoms with E-state index in [2.05, 4.69) is 16.0 Å². The molecule has 0 amide bonds. The summed E-state index contributed by atoms with van der Waals surface area (Å²) in [5, 5.41) is 12.7. The van der Waals surface area contributed by atoms with Gasteiger partial charge < -0.3 is 38.5 Å². The number of hydrogen-bond donors (Lipinski definition) is 2. The Kier molecular flexibility index (Phi) is 7.87. The van der Waals surface area contributed by atoms with E-state index in [0.29, 0.717) is 30.1 Å². The van der Waals surface area contributed by atoms with Crippen molar-refractivity contribution in [1.29, 1.82) is 0 Å². The average Bonchev–Trinajstić information content (AvgIpc) is 3.39. The topological polar surface area (TPSA) is 129 Å². The Balaban J connectivity index is 1.26. The van der Waals surface area contributed by atoms with Crippen molar-refractivity contribution in [2.45, 2.75) is 50.5 Å². The first-order valence-corrected chi connectivity index (χ1v) is 14.5. The summed E-state index contributed by atoms with van der Waals surface area (Å²) in [6.45, 7) is 2.96. The van der Waals surface area contributed by atoms with E-state index >= 15 is 0 Å². The normalized spacial score (nSPS) is 26.5. The first-order valence-electron chi connectivity index (χ1n) is 14.5. The molecule has 11 heteroatoms. The lowest BCUT2D eigenvalue weighted by Crippen LogP contribution is -2.59. The molecule has 2 aliphatic heterocycles. The molecule has 43 heavy (non-hydrogen) atoms. The van der Waals surface area contributed by atoms with Crippen LogP contribution in [0.15, 0.2) is 30.3 Å². The van der Waals surface area contributed by atoms with Crippen LogP contribution in [0, 0.1) is 11.8 Å². The molecule has 0 radical (unpaired) electrons. The highest BCUT2D eigenvalue weighted by Crippen LogP contribution is 2.49. The molecule has 2 N–H and O–H groups in total. The van der Waals surface area contributed by atoms with E-state index in [1.807, 2.05) is 12.1 Å². The highest BCUT2D eigenvalue weighted by atomic mass is 16.6. The molecule has 1 aliphatic carbocycles. The van der Waals surface area contributed by atoms with E-state index in [-0.39, 0.29) is 23.4 Å². The molecule has 3 aliphatic rings. The standard InChI is InChI=1S/C32H38N2O9/c1-16(35)42-30-22-14-24-28-21(20-7-6-19(38-2)13-23(20)33-28)8-9-34(24)15-18(22)12-25(29(30)36)43-32(37)17-10-26(39-3)31(41-5)27(11-17)40-4/h6-7,10-11,13,18,22,24-25,29-30,33,36H,8-9,12,14-15H2,1-5H3/t18-,22+,24-,25+,29-,30-/m1/s1. The summed E-state index contributed by atoms with van der Waals surface area (Å²) < 4.78 is 33.2. The van der Waals surface area contributed by atoms with Gasteiger partial charge in [-0.3, -0.25) is 9.69 Å². The predicted octanol–water partition coefficient (Wildman–Crippen LogP) is 3.66. The minimum Gasteiger partial charge on any atom is -0.497 e. The van der Waals surface area contributed by atoms with Crippen molar-refractivity contribution in [3.05, 3.63) is 47.2 Å². The van der Waals surface area contributed by atoms with Crippen molar-refractivity contribution in [3.8, 4) is 23.0 Å². The van der Waals surface area contributed by atoms with Crippen LogP contribution in [0.3, 0.4) is 0 Å². The molecule has 3 heterocycles. The second-order valence-corrected chi connectivity index (χ2v) is 11.5. The number of aliphatic hydroxyl groups excluding tert-OH is 1. The zero-order valence-corrected chi connectivity index (χ0v) is 25.0. The maximum Gasteiger partial charge on any atom is 0.338 e. The van der Waals surface area contributed by atoms with E-state index in [4.69, 9.17) is 28.4 Å². The van der Waals surface area contributed by atoms with Gasteiger partial charge in [0.1, 0.15) is 24.1 Å². The molecule has 6 rings (SSSR count). The van der Waals surface area contributed by atoms with E-state index in [0.717, 1.165) is 30.8 Å². The highest BCUT2D eigenvalue weighted by molar-refractivity contribution is 5.91. The summed E-state index contributed by atoms with van der Waals surface area (Å²) in [6.07, 6.45) is -0.812. The summed E-state index contributed by atoms with van der Waals surface area (Å²) in [7, 11) is 6.07. The molecule has 0 unspecified atom stereocenters. The van der Waals surface area contributed by atoms with Gasteiger partial charge >= 0.3 is 11.9 Å². The number of ether oxygens (including phenoxy) is 6. The van der Waals surface area contributed by atoms with E-state index in [1.165, 1.54) is 57.0 Å². The zero-order valence-electron chi connectivity index (χ0n) is 25.0. The maximum atomic E-state index is 13.4. The lowest BCUT2D eigenvalue weighted by atomic mass is 9.67. The van der Waals surface area contributed by atoms with Crippen LogP contribution in [0.1, 0.15) is 47.4 Å². The van der Waals surface area contributed by atoms with Crippen molar-refractivity contribution < 1.29 is 43.1 Å². The first kappa shape index (κ1) is 29.1. The molecular weight excluding hydrogens is 556 g/mol. The molecule has 1 saturated heterocycles. The van der Waals surface area contributed by atoms with E-state index in [1.54, 1.807) is 7.11 Å². The van der Waals surface area contributed by atoms with Crippen LogP contribution >= 0.6 is 0 Å². The Morgan fingerprint density at radius 3 is 2.35 bits per heavy atom. The number of H-pyrrole nitrogens is 1. The van der Waals surface area contributed by atoms with E-state index in [9.17, 15) is 14.7 Å². The van der Waals surface area contributed by atoms with Crippen molar-refractivity contribution in [1.82, 2.24) is 9.88 Å². The molecule has 0 bridgehead atoms. The fraction of sp³-hybridized carbons (Fsp3) is 0.500. The molecule has 0 spiro atoms. The third kappa shape index (κ3) is 5.14. The Morgan fingerprint density at radius 2 is 1.70 bits per heavy atom. The van der Waals surface area contributed by atoms with Gasteiger partial charge in [-0.1, -0.05) is 0 Å². The van der Waals surface area contributed by atoms with Crippen LogP contribution in [-0.2, 0) is 20.7 Å². The summed E-state index contributed by atoms with van der Waals surface area (Å²) in [5.74, 6) is 0.590. The van der Waals surface area contributed by atoms with Gasteiger partial charge in [-0.15, -0.1) is 0 Å². The van der Waals surface area contributed by atoms with Crippen molar-refractivity contribution in [2.24, 2.45) is 11.8 Å². The number of nitrogens with zero attached hydrogens (tertiary/aromatic N) is 1. The molecule has 230 valence electrons. The van der Waals surface area contributed by atoms with Crippen molar-refractivity contribution in [2.75, 3.05) is 41.5 Å². The van der Waals surface area contributed by atoms with Crippen LogP contribution in [0.5, 0.6) is 23.0 Å². The average molecular weight is 595 g/mol. The van der Waals surface area contributed by atoms with Gasteiger partial charge in [0, 0.05) is 48.6 Å². The number of nitrogens with one attached hydrogen (secondary N) is 1. The summed E-state index contributed by atoms with van der Waals surface area (Å²) in [4.78, 5) is 31.7. The van der Waals surface area contributed by atoms with Gasteiger partial charge in [-0.05, 0) is 55.0 Å². The minimum absolute atomic E-state index is 0.0489. The van der Waals surface area contributed by atoms with Crippen LogP contribution in [0.2, 0.25) is 0 Å². The number of benzene rings is 2. The largest absolute Gasteiger partial charge is 0.497 e. The Hall–Kier alpha value is -3.96. The third-order valence-corrected chi connectivity index (χ3v) is 9.27. The van der Waals surface area contributed by atoms with Crippen LogP contribution in [0.4, 0.5) is 0 Å². The number of methoxy groups -OCH3 is 4. The maximum absolute atomic E-state index is 13.4. The Morgan fingerprint density at radius 1 is 0.953 bits per heavy atom. The monoisotopic (exact) mass is 594 g/mol. The first-order chi connectivity index (χ1) is 20.8. The molecule has 6 atom stereocenters. The zero-order chi connectivity index (χ0) is 30.4. The number of hydrogen-bond acceptors (Lipinski definition) is 10. The van der Waals surface area contributed by atoms with Crippen LogP contribution in [0.25, 0.3) is 10.9 Å². The number of aromatic amines is 1. The summed E-state index contributed by atoms with van der Waals surface area (Å²) in [6, 6.07) is 9.21. The number of carbonyl (C=O) groups is 2. The van der Waals surface area contributed by atoms with Crippen LogP contribution < -0.4 is 18.9 Å². The fourth-order valence-corrected chi connectivity index (χ4v) is 7.33. The molecular formula is C32H38N2O9. The minimum atomic E-state index is -1.18. The summed E-state index contributed by atoms with van der Waals surface area (Å²) >= 11 is 0. The number of fused-ring (bicyclic) bond motifs is 6. The quantitative estimate of drug-likeness (QED) is 0.391. The molecule has 11 nitrogen and oxygen atoms in total. The van der Waals surface area contributed by atoms with Crippen molar-refractivity contribution >= 4 is 22.8 Å². The molecule has 2 aromatic carbocycles. The van der Waals surface area contributed by atoms with Crippen molar-refractivity contribution in [3.63, 3.8) is 0 Å². The van der Waals surface area contributed by atoms with Gasteiger partial charge in [0.2, 0.25) is 5.75 Å². The second-order valence-electron chi connectivity index (χ2n) is 11.5. The van der Waals surface area contributed by atoms with Gasteiger partial charge in [0.15, 0.2) is 11.5 Å². The van der Waals surface area contributed by atoms with Gasteiger partial charge in [-0.25, -0.2) is 4.79 Å². The number of aromatic nitrogens is 1. The van der Waals surface area contributed by atoms with Gasteiger partial charge in [0.25, 0.3) is 0 Å². The lowest BCUT2D eigenvalue weighted by Gasteiger charge is -2.52. The van der Waals surface area contributed by atoms with Crippen LogP contribution in [-0.4, -0.2) is 86.8 Å².